The molecule has 0 unspecified atom stereocenters. The summed E-state index contributed by atoms with van der Waals surface area (Å²) in [5.74, 6) is 1.16. The zero-order valence-electron chi connectivity index (χ0n) is 20.1. The summed E-state index contributed by atoms with van der Waals surface area (Å²) in [6, 6.07) is 14.7. The van der Waals surface area contributed by atoms with Crippen LogP contribution in [0.15, 0.2) is 69.0 Å². The van der Waals surface area contributed by atoms with Crippen molar-refractivity contribution in [2.75, 3.05) is 7.11 Å². The zero-order valence-corrected chi connectivity index (χ0v) is 22.5. The van der Waals surface area contributed by atoms with Crippen molar-refractivity contribution in [3.05, 3.63) is 102 Å². The van der Waals surface area contributed by atoms with Crippen molar-refractivity contribution < 1.29 is 14.4 Å². The minimum atomic E-state index is -0.462. The van der Waals surface area contributed by atoms with Gasteiger partial charge in [0, 0.05) is 22.5 Å². The van der Waals surface area contributed by atoms with E-state index in [0.29, 0.717) is 33.8 Å². The predicted octanol–water partition coefficient (Wildman–Crippen LogP) is 6.31. The second kappa shape index (κ2) is 11.1. The smallest absolute Gasteiger partial charge is 0.282 e. The number of nitrogens with zero attached hydrogens (tertiary/aromatic N) is 4. The number of nitro benzene ring substituents is 1. The van der Waals surface area contributed by atoms with E-state index in [1.54, 1.807) is 36.4 Å². The van der Waals surface area contributed by atoms with E-state index in [4.69, 9.17) is 21.1 Å². The van der Waals surface area contributed by atoms with Gasteiger partial charge in [-0.2, -0.15) is 9.78 Å². The van der Waals surface area contributed by atoms with E-state index in [1.807, 2.05) is 19.9 Å². The molecule has 0 saturated heterocycles. The normalized spacial score (nSPS) is 11.4. The molecular weight excluding hydrogens is 564 g/mol. The molecule has 0 N–H and O–H groups in total. The highest BCUT2D eigenvalue weighted by atomic mass is 79.9. The van der Waals surface area contributed by atoms with Crippen LogP contribution in [-0.4, -0.2) is 27.9 Å². The van der Waals surface area contributed by atoms with Crippen molar-refractivity contribution in [3.63, 3.8) is 0 Å². The number of rotatable bonds is 8. The van der Waals surface area contributed by atoms with Crippen LogP contribution in [0, 0.1) is 10.1 Å². The van der Waals surface area contributed by atoms with Crippen molar-refractivity contribution in [1.29, 1.82) is 0 Å². The fraction of sp³-hybridized carbons (Fsp3) is 0.192. The Hall–Kier alpha value is -3.76. The van der Waals surface area contributed by atoms with Gasteiger partial charge in [0.25, 0.3) is 11.2 Å². The van der Waals surface area contributed by atoms with Gasteiger partial charge in [-0.1, -0.05) is 41.4 Å². The first-order valence-corrected chi connectivity index (χ1v) is 12.3. The van der Waals surface area contributed by atoms with Gasteiger partial charge in [0.15, 0.2) is 11.5 Å². The standard InChI is InChI=1S/C26H22BrClN4O5/c1-15(2)25-30-22-9-6-18(27)12-20(22)26(33)31(25)29-13-17-10-21(28)24(23(11-17)36-3)37-14-16-4-7-19(8-5-16)32(34)35/h4-13,15H,14H2,1-3H3. The first-order valence-electron chi connectivity index (χ1n) is 11.2. The van der Waals surface area contributed by atoms with Crippen molar-refractivity contribution >= 4 is 50.3 Å². The maximum absolute atomic E-state index is 13.2. The van der Waals surface area contributed by atoms with E-state index in [9.17, 15) is 14.9 Å². The Labute approximate surface area is 225 Å². The summed E-state index contributed by atoms with van der Waals surface area (Å²) >= 11 is 9.89. The number of benzene rings is 3. The molecule has 0 aliphatic rings. The van der Waals surface area contributed by atoms with E-state index in [2.05, 4.69) is 26.0 Å². The summed E-state index contributed by atoms with van der Waals surface area (Å²) in [6.45, 7) is 4.01. The highest BCUT2D eigenvalue weighted by Gasteiger charge is 2.15. The number of halogens is 2. The second-order valence-corrected chi connectivity index (χ2v) is 9.72. The van der Waals surface area contributed by atoms with Crippen LogP contribution in [0.3, 0.4) is 0 Å². The van der Waals surface area contributed by atoms with Crippen LogP contribution in [-0.2, 0) is 6.61 Å². The highest BCUT2D eigenvalue weighted by Crippen LogP contribution is 2.36. The Bertz CT molecular complexity index is 1570. The van der Waals surface area contributed by atoms with Crippen molar-refractivity contribution in [3.8, 4) is 11.5 Å². The number of hydrogen-bond donors (Lipinski definition) is 0. The lowest BCUT2D eigenvalue weighted by Crippen LogP contribution is -2.23. The molecule has 1 aromatic heterocycles. The number of methoxy groups -OCH3 is 1. The zero-order chi connectivity index (χ0) is 26.7. The van der Waals surface area contributed by atoms with Crippen molar-refractivity contribution in [2.45, 2.75) is 26.4 Å². The number of ether oxygens (including phenoxy) is 2. The summed E-state index contributed by atoms with van der Waals surface area (Å²) in [5, 5.41) is 16.0. The van der Waals surface area contributed by atoms with Gasteiger partial charge in [0.1, 0.15) is 12.4 Å². The van der Waals surface area contributed by atoms with Crippen LogP contribution in [0.25, 0.3) is 10.9 Å². The molecule has 0 bridgehead atoms. The molecule has 9 nitrogen and oxygen atoms in total. The third-order valence-electron chi connectivity index (χ3n) is 5.45. The van der Waals surface area contributed by atoms with Gasteiger partial charge in [-0.25, -0.2) is 4.98 Å². The number of non-ortho nitro benzene ring substituents is 1. The van der Waals surface area contributed by atoms with E-state index in [0.717, 1.165) is 10.0 Å². The minimum Gasteiger partial charge on any atom is -0.493 e. The molecule has 37 heavy (non-hydrogen) atoms. The molecule has 4 rings (SSSR count). The van der Waals surface area contributed by atoms with Crippen molar-refractivity contribution in [2.24, 2.45) is 5.10 Å². The van der Waals surface area contributed by atoms with E-state index < -0.39 is 4.92 Å². The average Bonchev–Trinajstić information content (AvgIpc) is 2.87. The molecule has 0 aliphatic heterocycles. The molecule has 0 radical (unpaired) electrons. The molecule has 0 atom stereocenters. The maximum Gasteiger partial charge on any atom is 0.282 e. The number of nitro groups is 1. The summed E-state index contributed by atoms with van der Waals surface area (Å²) in [4.78, 5) is 28.3. The molecule has 11 heteroatoms. The molecule has 3 aromatic carbocycles. The lowest BCUT2D eigenvalue weighted by molar-refractivity contribution is -0.384. The largest absolute Gasteiger partial charge is 0.493 e. The molecule has 0 saturated carbocycles. The Kier molecular flexibility index (Phi) is 7.89. The molecule has 4 aromatic rings. The first kappa shape index (κ1) is 26.3. The summed E-state index contributed by atoms with van der Waals surface area (Å²) in [5.41, 5.74) is 1.62. The van der Waals surface area contributed by atoms with E-state index in [1.165, 1.54) is 30.1 Å². The minimum absolute atomic E-state index is 0.00279. The second-order valence-electron chi connectivity index (χ2n) is 8.39. The molecule has 190 valence electrons. The monoisotopic (exact) mass is 584 g/mol. The molecule has 0 aliphatic carbocycles. The highest BCUT2D eigenvalue weighted by molar-refractivity contribution is 9.10. The van der Waals surface area contributed by atoms with Crippen LogP contribution in [0.5, 0.6) is 11.5 Å². The van der Waals surface area contributed by atoms with Crippen LogP contribution in [0.4, 0.5) is 5.69 Å². The molecule has 1 heterocycles. The van der Waals surface area contributed by atoms with Gasteiger partial charge >= 0.3 is 0 Å². The third kappa shape index (κ3) is 5.81. The van der Waals surface area contributed by atoms with E-state index in [-0.39, 0.29) is 28.8 Å². The summed E-state index contributed by atoms with van der Waals surface area (Å²) in [6.07, 6.45) is 1.51. The van der Waals surface area contributed by atoms with E-state index >= 15 is 0 Å². The number of fused-ring (bicyclic) bond motifs is 1. The van der Waals surface area contributed by atoms with Crippen LogP contribution in [0.2, 0.25) is 5.02 Å². The Morgan fingerprint density at radius 1 is 1.19 bits per heavy atom. The Morgan fingerprint density at radius 2 is 1.92 bits per heavy atom. The first-order chi connectivity index (χ1) is 17.7. The van der Waals surface area contributed by atoms with Gasteiger partial charge in [0.2, 0.25) is 0 Å². The number of aromatic nitrogens is 2. The van der Waals surface area contributed by atoms with Gasteiger partial charge in [-0.05, 0) is 53.6 Å². The molecule has 0 fully saturated rings. The third-order valence-corrected chi connectivity index (χ3v) is 6.23. The summed E-state index contributed by atoms with van der Waals surface area (Å²) in [7, 11) is 1.48. The van der Waals surface area contributed by atoms with Crippen molar-refractivity contribution in [1.82, 2.24) is 9.66 Å². The molecule has 0 spiro atoms. The number of hydrogen-bond acceptors (Lipinski definition) is 7. The topological polar surface area (TPSA) is 109 Å². The van der Waals surface area contributed by atoms with Gasteiger partial charge in [0.05, 0.1) is 34.2 Å². The average molecular weight is 586 g/mol. The quantitative estimate of drug-likeness (QED) is 0.136. The fourth-order valence-electron chi connectivity index (χ4n) is 3.60. The molecular formula is C26H22BrClN4O5. The summed E-state index contributed by atoms with van der Waals surface area (Å²) < 4.78 is 13.4. The SMILES string of the molecule is COc1cc(C=Nn2c(C(C)C)nc3ccc(Br)cc3c2=O)cc(Cl)c1OCc1ccc([N+](=O)[O-])cc1. The van der Waals surface area contributed by atoms with Crippen LogP contribution >= 0.6 is 27.5 Å². The molecule has 0 amide bonds. The fourth-order valence-corrected chi connectivity index (χ4v) is 4.23. The lowest BCUT2D eigenvalue weighted by atomic mass is 10.2. The van der Waals surface area contributed by atoms with Gasteiger partial charge < -0.3 is 9.47 Å². The Balaban J connectivity index is 1.64. The maximum atomic E-state index is 13.2. The van der Waals surface area contributed by atoms with Gasteiger partial charge in [-0.3, -0.25) is 14.9 Å². The van der Waals surface area contributed by atoms with Crippen LogP contribution in [0.1, 0.15) is 36.7 Å². The van der Waals surface area contributed by atoms with Gasteiger partial charge in [-0.15, -0.1) is 0 Å². The van der Waals surface area contributed by atoms with Crippen LogP contribution < -0.4 is 15.0 Å². The lowest BCUT2D eigenvalue weighted by Gasteiger charge is -2.14. The Morgan fingerprint density at radius 3 is 2.57 bits per heavy atom. The predicted molar refractivity (Wildman–Crippen MR) is 146 cm³/mol.